The second-order valence-electron chi connectivity index (χ2n) is 7.50. The molecule has 0 radical (unpaired) electrons. The molecule has 0 unspecified atom stereocenters. The van der Waals surface area contributed by atoms with Crippen LogP contribution < -0.4 is 5.32 Å². The number of hydrogen-bond donors (Lipinski definition) is 1. The highest BCUT2D eigenvalue weighted by Gasteiger charge is 2.48. The summed E-state index contributed by atoms with van der Waals surface area (Å²) < 4.78 is 0. The average Bonchev–Trinajstić information content (AvgIpc) is 2.50. The van der Waals surface area contributed by atoms with E-state index in [-0.39, 0.29) is 0 Å². The Morgan fingerprint density at radius 1 is 0.905 bits per heavy atom. The first kappa shape index (κ1) is 12.0. The topological polar surface area (TPSA) is 24.9 Å². The van der Waals surface area contributed by atoms with Gasteiger partial charge in [-0.25, -0.2) is 0 Å². The number of nitrogens with zero attached hydrogens (tertiary/aromatic N) is 1. The highest BCUT2D eigenvalue weighted by molar-refractivity contribution is 5.93. The normalized spacial score (nSPS) is 37.0. The van der Waals surface area contributed by atoms with Crippen molar-refractivity contribution in [3.8, 4) is 0 Å². The maximum atomic E-state index is 4.25. The smallest absolute Gasteiger partial charge is 0.0423 e. The molecule has 108 valence electrons. The maximum absolute atomic E-state index is 4.25. The fourth-order valence-electron chi connectivity index (χ4n) is 5.59. The predicted molar refractivity (Wildman–Crippen MR) is 86.2 cm³/mol. The summed E-state index contributed by atoms with van der Waals surface area (Å²) in [6, 6.07) is 9.41. The number of benzene rings is 1. The summed E-state index contributed by atoms with van der Waals surface area (Å²) in [7, 11) is 0. The highest BCUT2D eigenvalue weighted by atomic mass is 15.0. The van der Waals surface area contributed by atoms with Crippen molar-refractivity contribution in [3.63, 3.8) is 0 Å². The SMILES string of the molecule is c1cc(NC2C3CC4CC(C3)CC2C4)c2ccncc2c1. The molecule has 4 aliphatic carbocycles. The quantitative estimate of drug-likeness (QED) is 0.876. The van der Waals surface area contributed by atoms with E-state index in [4.69, 9.17) is 0 Å². The third kappa shape index (κ3) is 1.88. The fraction of sp³-hybridized carbons (Fsp3) is 0.526. The predicted octanol–water partition coefficient (Wildman–Crippen LogP) is 4.47. The first-order chi connectivity index (χ1) is 10.4. The zero-order valence-electron chi connectivity index (χ0n) is 12.3. The number of pyridine rings is 1. The third-order valence-corrected chi connectivity index (χ3v) is 6.23. The fourth-order valence-corrected chi connectivity index (χ4v) is 5.59. The van der Waals surface area contributed by atoms with E-state index in [1.54, 1.807) is 0 Å². The van der Waals surface area contributed by atoms with Crippen LogP contribution in [0.5, 0.6) is 0 Å². The van der Waals surface area contributed by atoms with Crippen molar-refractivity contribution in [1.82, 2.24) is 4.98 Å². The Labute approximate surface area is 126 Å². The molecule has 1 heterocycles. The zero-order chi connectivity index (χ0) is 13.8. The molecule has 4 fully saturated rings. The molecule has 0 aliphatic heterocycles. The van der Waals surface area contributed by atoms with Crippen LogP contribution in [-0.2, 0) is 0 Å². The molecular weight excluding hydrogens is 256 g/mol. The molecule has 2 heteroatoms. The van der Waals surface area contributed by atoms with Crippen LogP contribution in [0.25, 0.3) is 10.8 Å². The number of aromatic nitrogens is 1. The van der Waals surface area contributed by atoms with Gasteiger partial charge in [-0.1, -0.05) is 12.1 Å². The standard InChI is InChI=1S/C19H22N2/c1-2-14-11-20-5-4-17(14)18(3-1)21-19-15-7-12-6-13(9-15)10-16(19)8-12/h1-5,11-13,15-16,19,21H,6-10H2. The maximum Gasteiger partial charge on any atom is 0.0423 e. The van der Waals surface area contributed by atoms with E-state index in [1.807, 2.05) is 12.4 Å². The Balaban J connectivity index is 1.49. The van der Waals surface area contributed by atoms with Crippen LogP contribution in [0.15, 0.2) is 36.7 Å². The molecule has 2 aromatic rings. The van der Waals surface area contributed by atoms with E-state index in [2.05, 4.69) is 34.6 Å². The van der Waals surface area contributed by atoms with Gasteiger partial charge in [0.2, 0.25) is 0 Å². The molecule has 1 N–H and O–H groups in total. The van der Waals surface area contributed by atoms with Crippen LogP contribution in [0.4, 0.5) is 5.69 Å². The van der Waals surface area contributed by atoms with Crippen LogP contribution in [0, 0.1) is 23.7 Å². The van der Waals surface area contributed by atoms with Gasteiger partial charge in [0.1, 0.15) is 0 Å². The van der Waals surface area contributed by atoms with E-state index < -0.39 is 0 Å². The lowest BCUT2D eigenvalue weighted by molar-refractivity contribution is 0.00758. The molecule has 4 saturated carbocycles. The molecule has 21 heavy (non-hydrogen) atoms. The van der Waals surface area contributed by atoms with E-state index in [9.17, 15) is 0 Å². The molecule has 0 saturated heterocycles. The van der Waals surface area contributed by atoms with Gasteiger partial charge in [0.05, 0.1) is 0 Å². The number of rotatable bonds is 2. The lowest BCUT2D eigenvalue weighted by Gasteiger charge is -2.54. The van der Waals surface area contributed by atoms with Crippen LogP contribution in [0.3, 0.4) is 0 Å². The molecule has 0 amide bonds. The van der Waals surface area contributed by atoms with Crippen LogP contribution in [0.1, 0.15) is 32.1 Å². The minimum atomic E-state index is 0.705. The number of hydrogen-bond acceptors (Lipinski definition) is 2. The number of anilines is 1. The first-order valence-electron chi connectivity index (χ1n) is 8.46. The summed E-state index contributed by atoms with van der Waals surface area (Å²) in [4.78, 5) is 4.25. The molecular formula is C19H22N2. The Kier molecular flexibility index (Phi) is 2.55. The van der Waals surface area contributed by atoms with Crippen molar-refractivity contribution in [1.29, 1.82) is 0 Å². The molecule has 0 spiro atoms. The summed E-state index contributed by atoms with van der Waals surface area (Å²) in [6.45, 7) is 0. The van der Waals surface area contributed by atoms with E-state index in [0.717, 1.165) is 23.7 Å². The van der Waals surface area contributed by atoms with Gasteiger partial charge in [0.15, 0.2) is 0 Å². The largest absolute Gasteiger partial charge is 0.381 e. The Hall–Kier alpha value is -1.57. The van der Waals surface area contributed by atoms with Crippen molar-refractivity contribution in [2.75, 3.05) is 5.32 Å². The van der Waals surface area contributed by atoms with Gasteiger partial charge in [-0.2, -0.15) is 0 Å². The summed E-state index contributed by atoms with van der Waals surface area (Å²) in [5.41, 5.74) is 1.31. The van der Waals surface area contributed by atoms with Gasteiger partial charge in [0.25, 0.3) is 0 Å². The molecule has 4 bridgehead atoms. The summed E-state index contributed by atoms with van der Waals surface area (Å²) in [5.74, 6) is 3.92. The van der Waals surface area contributed by atoms with Crippen LogP contribution in [0.2, 0.25) is 0 Å². The second kappa shape index (κ2) is 4.46. The lowest BCUT2D eigenvalue weighted by atomic mass is 9.54. The highest BCUT2D eigenvalue weighted by Crippen LogP contribution is 2.54. The van der Waals surface area contributed by atoms with Gasteiger partial charge in [-0.3, -0.25) is 4.98 Å². The number of fused-ring (bicyclic) bond motifs is 1. The minimum Gasteiger partial charge on any atom is -0.381 e. The lowest BCUT2D eigenvalue weighted by Crippen LogP contribution is -2.51. The zero-order valence-corrected chi connectivity index (χ0v) is 12.3. The van der Waals surface area contributed by atoms with Gasteiger partial charge < -0.3 is 5.32 Å². The molecule has 1 aromatic heterocycles. The molecule has 6 rings (SSSR count). The van der Waals surface area contributed by atoms with Crippen molar-refractivity contribution in [2.45, 2.75) is 38.1 Å². The minimum absolute atomic E-state index is 0.705. The van der Waals surface area contributed by atoms with Gasteiger partial charge in [-0.05, 0) is 67.9 Å². The van der Waals surface area contributed by atoms with Crippen molar-refractivity contribution >= 4 is 16.5 Å². The third-order valence-electron chi connectivity index (χ3n) is 6.23. The molecule has 0 atom stereocenters. The van der Waals surface area contributed by atoms with Crippen molar-refractivity contribution in [2.24, 2.45) is 23.7 Å². The van der Waals surface area contributed by atoms with E-state index in [1.165, 1.54) is 48.6 Å². The van der Waals surface area contributed by atoms with Gasteiger partial charge in [0, 0.05) is 34.9 Å². The second-order valence-corrected chi connectivity index (χ2v) is 7.50. The molecule has 2 nitrogen and oxygen atoms in total. The Bertz CT molecular complexity index is 645. The van der Waals surface area contributed by atoms with Gasteiger partial charge >= 0.3 is 0 Å². The van der Waals surface area contributed by atoms with Gasteiger partial charge in [-0.15, -0.1) is 0 Å². The Morgan fingerprint density at radius 3 is 2.43 bits per heavy atom. The van der Waals surface area contributed by atoms with E-state index >= 15 is 0 Å². The molecule has 4 aliphatic rings. The van der Waals surface area contributed by atoms with Crippen LogP contribution in [-0.4, -0.2) is 11.0 Å². The number of nitrogens with one attached hydrogen (secondary N) is 1. The van der Waals surface area contributed by atoms with E-state index in [0.29, 0.717) is 6.04 Å². The monoisotopic (exact) mass is 278 g/mol. The summed E-state index contributed by atoms with van der Waals surface area (Å²) in [6.07, 6.45) is 11.3. The van der Waals surface area contributed by atoms with Crippen molar-refractivity contribution < 1.29 is 0 Å². The Morgan fingerprint density at radius 2 is 1.67 bits per heavy atom. The summed E-state index contributed by atoms with van der Waals surface area (Å²) in [5, 5.41) is 6.50. The first-order valence-corrected chi connectivity index (χ1v) is 8.46. The van der Waals surface area contributed by atoms with Crippen molar-refractivity contribution in [3.05, 3.63) is 36.7 Å². The molecule has 1 aromatic carbocycles. The average molecular weight is 278 g/mol. The summed E-state index contributed by atoms with van der Waals surface area (Å²) >= 11 is 0. The van der Waals surface area contributed by atoms with Crippen LogP contribution >= 0.6 is 0 Å².